The first-order chi connectivity index (χ1) is 12.9. The van der Waals surface area contributed by atoms with Crippen molar-refractivity contribution in [3.8, 4) is 11.5 Å². The summed E-state index contributed by atoms with van der Waals surface area (Å²) >= 11 is 5.89. The molecule has 5 nitrogen and oxygen atoms in total. The number of amides is 1. The Bertz CT molecular complexity index is 793. The molecule has 0 radical (unpaired) electrons. The van der Waals surface area contributed by atoms with Gasteiger partial charge in [-0.05, 0) is 54.8 Å². The van der Waals surface area contributed by atoms with E-state index in [1.807, 2.05) is 25.1 Å². The maximum atomic E-state index is 12.6. The smallest absolute Gasteiger partial charge is 0.241 e. The molecule has 1 heterocycles. The van der Waals surface area contributed by atoms with Crippen molar-refractivity contribution < 1.29 is 14.3 Å². The molecule has 0 saturated carbocycles. The van der Waals surface area contributed by atoms with E-state index in [0.29, 0.717) is 24.2 Å². The molecule has 3 rings (SSSR count). The number of hydrogen-bond acceptors (Lipinski definition) is 4. The molecule has 1 amide bonds. The molecule has 0 unspecified atom stereocenters. The first-order valence-electron chi connectivity index (χ1n) is 9.16. The summed E-state index contributed by atoms with van der Waals surface area (Å²) in [5.74, 6) is 1.71. The van der Waals surface area contributed by atoms with Crippen LogP contribution in [0.15, 0.2) is 42.5 Å². The average Bonchev–Trinajstić information content (AvgIpc) is 2.67. The maximum absolute atomic E-state index is 12.6. The quantitative estimate of drug-likeness (QED) is 0.768. The summed E-state index contributed by atoms with van der Waals surface area (Å²) in [5, 5.41) is 6.98. The normalized spacial score (nSPS) is 15.3. The third-order valence-corrected chi connectivity index (χ3v) is 4.78. The summed E-state index contributed by atoms with van der Waals surface area (Å²) in [6.07, 6.45) is 0. The van der Waals surface area contributed by atoms with Gasteiger partial charge in [0.15, 0.2) is 11.5 Å². The van der Waals surface area contributed by atoms with Gasteiger partial charge in [-0.25, -0.2) is 0 Å². The summed E-state index contributed by atoms with van der Waals surface area (Å²) in [7, 11) is 0. The molecule has 0 aliphatic carbocycles. The molecule has 1 aliphatic heterocycles. The van der Waals surface area contributed by atoms with Gasteiger partial charge >= 0.3 is 0 Å². The van der Waals surface area contributed by atoms with Crippen LogP contribution in [0.25, 0.3) is 0 Å². The van der Waals surface area contributed by atoms with Crippen molar-refractivity contribution in [1.82, 2.24) is 5.32 Å². The monoisotopic (exact) mass is 388 g/mol. The highest BCUT2D eigenvalue weighted by Crippen LogP contribution is 2.34. The molecular formula is C21H25ClN2O3. The summed E-state index contributed by atoms with van der Waals surface area (Å²) in [6.45, 7) is 7.23. The predicted octanol–water partition coefficient (Wildman–Crippen LogP) is 4.43. The zero-order valence-electron chi connectivity index (χ0n) is 15.8. The first-order valence-corrected chi connectivity index (χ1v) is 9.54. The number of carbonyl (C=O) groups is 1. The Morgan fingerprint density at radius 2 is 1.67 bits per heavy atom. The summed E-state index contributed by atoms with van der Waals surface area (Å²) in [6, 6.07) is 12.7. The molecule has 2 aromatic carbocycles. The van der Waals surface area contributed by atoms with Gasteiger partial charge in [0.1, 0.15) is 13.2 Å². The third-order valence-electron chi connectivity index (χ3n) is 4.53. The number of anilines is 1. The largest absolute Gasteiger partial charge is 0.486 e. The van der Waals surface area contributed by atoms with Gasteiger partial charge in [-0.1, -0.05) is 31.5 Å². The van der Waals surface area contributed by atoms with Crippen molar-refractivity contribution in [1.29, 1.82) is 0 Å². The molecule has 2 atom stereocenters. The van der Waals surface area contributed by atoms with Crippen molar-refractivity contribution in [2.24, 2.45) is 5.92 Å². The Balaban J connectivity index is 1.70. The predicted molar refractivity (Wildman–Crippen MR) is 108 cm³/mol. The minimum atomic E-state index is -0.374. The SMILES string of the molecule is CC(C)[C@H](N[C@@H](C)C(=O)Nc1ccc(Cl)cc1)c1ccc2c(c1)OCCO2. The zero-order valence-corrected chi connectivity index (χ0v) is 16.5. The minimum Gasteiger partial charge on any atom is -0.486 e. The Kier molecular flexibility index (Phi) is 6.24. The molecule has 0 spiro atoms. The second-order valence-corrected chi connectivity index (χ2v) is 7.45. The fourth-order valence-corrected chi connectivity index (χ4v) is 3.18. The molecular weight excluding hydrogens is 364 g/mol. The second kappa shape index (κ2) is 8.63. The number of halogens is 1. The highest BCUT2D eigenvalue weighted by atomic mass is 35.5. The molecule has 0 saturated heterocycles. The van der Waals surface area contributed by atoms with Crippen LogP contribution >= 0.6 is 11.6 Å². The highest BCUT2D eigenvalue weighted by molar-refractivity contribution is 6.30. The van der Waals surface area contributed by atoms with E-state index in [1.165, 1.54) is 0 Å². The van der Waals surface area contributed by atoms with Gasteiger partial charge in [-0.3, -0.25) is 10.1 Å². The van der Waals surface area contributed by atoms with Gasteiger partial charge in [0.25, 0.3) is 0 Å². The van der Waals surface area contributed by atoms with Crippen LogP contribution in [0.5, 0.6) is 11.5 Å². The number of fused-ring (bicyclic) bond motifs is 1. The van der Waals surface area contributed by atoms with E-state index in [2.05, 4.69) is 24.5 Å². The van der Waals surface area contributed by atoms with Gasteiger partial charge in [-0.15, -0.1) is 0 Å². The Hall–Kier alpha value is -2.24. The minimum absolute atomic E-state index is 0.00629. The van der Waals surface area contributed by atoms with Crippen LogP contribution in [0.3, 0.4) is 0 Å². The number of nitrogens with one attached hydrogen (secondary N) is 2. The van der Waals surface area contributed by atoms with Gasteiger partial charge in [0, 0.05) is 16.8 Å². The summed E-state index contributed by atoms with van der Waals surface area (Å²) in [5.41, 5.74) is 1.79. The topological polar surface area (TPSA) is 59.6 Å². The highest BCUT2D eigenvalue weighted by Gasteiger charge is 2.23. The van der Waals surface area contributed by atoms with Crippen molar-refractivity contribution in [2.75, 3.05) is 18.5 Å². The molecule has 0 bridgehead atoms. The second-order valence-electron chi connectivity index (χ2n) is 7.01. The standard InChI is InChI=1S/C21H25ClN2O3/c1-13(2)20(15-4-9-18-19(12-15)27-11-10-26-18)23-14(3)21(25)24-17-7-5-16(22)6-8-17/h4-9,12-14,20,23H,10-11H2,1-3H3,(H,24,25)/t14-,20-/m0/s1. The van der Waals surface area contributed by atoms with Crippen molar-refractivity contribution >= 4 is 23.2 Å². The Morgan fingerprint density at radius 1 is 1.00 bits per heavy atom. The maximum Gasteiger partial charge on any atom is 0.241 e. The molecule has 2 aromatic rings. The van der Waals surface area contributed by atoms with Crippen LogP contribution in [0.4, 0.5) is 5.69 Å². The van der Waals surface area contributed by atoms with Crippen LogP contribution < -0.4 is 20.1 Å². The molecule has 0 aromatic heterocycles. The molecule has 27 heavy (non-hydrogen) atoms. The van der Waals surface area contributed by atoms with E-state index in [0.717, 1.165) is 22.7 Å². The average molecular weight is 389 g/mol. The number of ether oxygens (including phenoxy) is 2. The van der Waals surface area contributed by atoms with E-state index < -0.39 is 0 Å². The van der Waals surface area contributed by atoms with Gasteiger partial charge in [-0.2, -0.15) is 0 Å². The molecule has 0 fully saturated rings. The van der Waals surface area contributed by atoms with E-state index >= 15 is 0 Å². The van der Waals surface area contributed by atoms with Crippen LogP contribution in [0.2, 0.25) is 5.02 Å². The lowest BCUT2D eigenvalue weighted by atomic mass is 9.94. The van der Waals surface area contributed by atoms with Crippen LogP contribution in [0, 0.1) is 5.92 Å². The number of hydrogen-bond donors (Lipinski definition) is 2. The molecule has 144 valence electrons. The zero-order chi connectivity index (χ0) is 19.4. The van der Waals surface area contributed by atoms with Gasteiger partial charge in [0.2, 0.25) is 5.91 Å². The van der Waals surface area contributed by atoms with Crippen molar-refractivity contribution in [3.05, 3.63) is 53.1 Å². The first kappa shape index (κ1) is 19.5. The fourth-order valence-electron chi connectivity index (χ4n) is 3.06. The lowest BCUT2D eigenvalue weighted by Crippen LogP contribution is -2.41. The number of rotatable bonds is 6. The van der Waals surface area contributed by atoms with Crippen molar-refractivity contribution in [2.45, 2.75) is 32.9 Å². The Labute approximate surface area is 165 Å². The van der Waals surface area contributed by atoms with E-state index in [9.17, 15) is 4.79 Å². The molecule has 2 N–H and O–H groups in total. The molecule has 1 aliphatic rings. The van der Waals surface area contributed by atoms with Crippen LogP contribution in [-0.2, 0) is 4.79 Å². The summed E-state index contributed by atoms with van der Waals surface area (Å²) in [4.78, 5) is 12.6. The summed E-state index contributed by atoms with van der Waals surface area (Å²) < 4.78 is 11.3. The van der Waals surface area contributed by atoms with E-state index in [-0.39, 0.29) is 18.0 Å². The van der Waals surface area contributed by atoms with Gasteiger partial charge < -0.3 is 14.8 Å². The molecule has 6 heteroatoms. The number of carbonyl (C=O) groups excluding carboxylic acids is 1. The van der Waals surface area contributed by atoms with Crippen LogP contribution in [-0.4, -0.2) is 25.2 Å². The Morgan fingerprint density at radius 3 is 2.33 bits per heavy atom. The van der Waals surface area contributed by atoms with E-state index in [1.54, 1.807) is 24.3 Å². The van der Waals surface area contributed by atoms with Crippen molar-refractivity contribution in [3.63, 3.8) is 0 Å². The fraction of sp³-hybridized carbons (Fsp3) is 0.381. The van der Waals surface area contributed by atoms with Crippen LogP contribution in [0.1, 0.15) is 32.4 Å². The van der Waals surface area contributed by atoms with E-state index in [4.69, 9.17) is 21.1 Å². The lowest BCUT2D eigenvalue weighted by molar-refractivity contribution is -0.118. The third kappa shape index (κ3) is 4.93. The number of benzene rings is 2. The van der Waals surface area contributed by atoms with Gasteiger partial charge in [0.05, 0.1) is 6.04 Å². The lowest BCUT2D eigenvalue weighted by Gasteiger charge is -2.28.